The number of carbonyl (C=O) groups excluding carboxylic acids is 1. The van der Waals surface area contributed by atoms with E-state index in [1.165, 1.54) is 25.1 Å². The molecule has 0 bridgehead atoms. The molecule has 2 N–H and O–H groups in total. The van der Waals surface area contributed by atoms with Crippen molar-refractivity contribution in [2.45, 2.75) is 17.1 Å². The van der Waals surface area contributed by atoms with Gasteiger partial charge in [0, 0.05) is 9.92 Å². The summed E-state index contributed by atoms with van der Waals surface area (Å²) in [5, 5.41) is 14.1. The summed E-state index contributed by atoms with van der Waals surface area (Å²) in [7, 11) is 1.46. The van der Waals surface area contributed by atoms with E-state index in [0.717, 1.165) is 4.90 Å². The second-order valence-electron chi connectivity index (χ2n) is 5.00. The first kappa shape index (κ1) is 19.6. The Bertz CT molecular complexity index is 784. The summed E-state index contributed by atoms with van der Waals surface area (Å²) < 4.78 is 5.54. The Kier molecular flexibility index (Phi) is 7.16. The van der Waals surface area contributed by atoms with Crippen molar-refractivity contribution in [3.63, 3.8) is 0 Å². The average molecular weight is 444 g/mol. The zero-order valence-corrected chi connectivity index (χ0v) is 16.7. The van der Waals surface area contributed by atoms with E-state index >= 15 is 0 Å². The Morgan fingerprint density at radius 2 is 2.08 bits per heavy atom. The molecule has 0 aliphatic heterocycles. The first-order chi connectivity index (χ1) is 11.9. The predicted molar refractivity (Wildman–Crippen MR) is 105 cm³/mol. The molecule has 2 rings (SSSR count). The van der Waals surface area contributed by atoms with Gasteiger partial charge < -0.3 is 9.84 Å². The number of nitrogens with one attached hydrogen (secondary N) is 1. The van der Waals surface area contributed by atoms with Crippen LogP contribution in [0.4, 0.5) is 0 Å². The Morgan fingerprint density at radius 1 is 1.40 bits per heavy atom. The number of rotatable bonds is 6. The number of amides is 1. The highest BCUT2D eigenvalue weighted by molar-refractivity contribution is 9.10. The molecule has 0 aliphatic carbocycles. The number of ether oxygens (including phenoxy) is 1. The molecular weight excluding hydrogens is 428 g/mol. The van der Waals surface area contributed by atoms with E-state index in [1.807, 2.05) is 12.1 Å². The minimum absolute atomic E-state index is 0.0108. The van der Waals surface area contributed by atoms with Crippen molar-refractivity contribution in [1.82, 2.24) is 5.43 Å². The normalized spacial score (nSPS) is 12.2. The molecule has 1 unspecified atom stereocenters. The van der Waals surface area contributed by atoms with Gasteiger partial charge in [0.05, 0.1) is 23.0 Å². The number of benzene rings is 2. The molecule has 8 heteroatoms. The van der Waals surface area contributed by atoms with Crippen LogP contribution in [0.25, 0.3) is 0 Å². The van der Waals surface area contributed by atoms with Crippen LogP contribution in [-0.4, -0.2) is 29.6 Å². The summed E-state index contributed by atoms with van der Waals surface area (Å²) in [6, 6.07) is 10.6. The summed E-state index contributed by atoms with van der Waals surface area (Å²) in [6.07, 6.45) is 1.48. The van der Waals surface area contributed by atoms with Gasteiger partial charge >= 0.3 is 0 Å². The van der Waals surface area contributed by atoms with Gasteiger partial charge in [-0.05, 0) is 64.8 Å². The third-order valence-electron chi connectivity index (χ3n) is 3.15. The van der Waals surface area contributed by atoms with Gasteiger partial charge in [0.15, 0.2) is 11.5 Å². The van der Waals surface area contributed by atoms with Crippen LogP contribution in [0.15, 0.2) is 50.9 Å². The Hall–Kier alpha value is -1.70. The third kappa shape index (κ3) is 5.66. The molecule has 0 fully saturated rings. The first-order valence-electron chi connectivity index (χ1n) is 7.22. The Labute approximate surface area is 163 Å². The molecule has 2 aromatic carbocycles. The number of hydrogen-bond acceptors (Lipinski definition) is 5. The molecule has 1 amide bonds. The highest BCUT2D eigenvalue weighted by Gasteiger charge is 2.13. The molecule has 0 saturated carbocycles. The van der Waals surface area contributed by atoms with E-state index in [4.69, 9.17) is 16.3 Å². The second kappa shape index (κ2) is 9.12. The van der Waals surface area contributed by atoms with Crippen LogP contribution >= 0.6 is 39.3 Å². The van der Waals surface area contributed by atoms with Crippen LogP contribution in [0, 0.1) is 0 Å². The number of thioether (sulfide) groups is 1. The van der Waals surface area contributed by atoms with E-state index in [9.17, 15) is 9.90 Å². The van der Waals surface area contributed by atoms with E-state index in [2.05, 4.69) is 26.5 Å². The van der Waals surface area contributed by atoms with Crippen LogP contribution < -0.4 is 10.2 Å². The minimum atomic E-state index is -0.320. The maximum Gasteiger partial charge on any atom is 0.253 e. The van der Waals surface area contributed by atoms with Gasteiger partial charge in [0.2, 0.25) is 0 Å². The number of phenolic OH excluding ortho intramolecular Hbond substituents is 1. The molecule has 5 nitrogen and oxygen atoms in total. The highest BCUT2D eigenvalue weighted by atomic mass is 79.9. The van der Waals surface area contributed by atoms with E-state index in [-0.39, 0.29) is 16.9 Å². The molecule has 0 aromatic heterocycles. The van der Waals surface area contributed by atoms with Crippen LogP contribution in [0.1, 0.15) is 12.5 Å². The van der Waals surface area contributed by atoms with Gasteiger partial charge in [0.1, 0.15) is 0 Å². The highest BCUT2D eigenvalue weighted by Crippen LogP contribution is 2.34. The van der Waals surface area contributed by atoms with E-state index in [1.54, 1.807) is 31.2 Å². The second-order valence-corrected chi connectivity index (χ2v) is 7.71. The minimum Gasteiger partial charge on any atom is -0.503 e. The lowest BCUT2D eigenvalue weighted by atomic mass is 10.2. The quantitative estimate of drug-likeness (QED) is 0.393. The maximum absolute atomic E-state index is 12.1. The van der Waals surface area contributed by atoms with Crippen molar-refractivity contribution in [2.24, 2.45) is 5.10 Å². The lowest BCUT2D eigenvalue weighted by Crippen LogP contribution is -2.26. The van der Waals surface area contributed by atoms with Gasteiger partial charge in [-0.25, -0.2) is 5.43 Å². The fourth-order valence-electron chi connectivity index (χ4n) is 1.86. The maximum atomic E-state index is 12.1. The Balaban J connectivity index is 1.95. The molecule has 25 heavy (non-hydrogen) atoms. The number of nitrogens with zero attached hydrogens (tertiary/aromatic N) is 1. The number of hydrazone groups is 1. The predicted octanol–water partition coefficient (Wildman–Crippen LogP) is 4.45. The molecule has 0 spiro atoms. The van der Waals surface area contributed by atoms with Crippen molar-refractivity contribution < 1.29 is 14.6 Å². The number of carbonyl (C=O) groups is 1. The molecule has 0 saturated heterocycles. The summed E-state index contributed by atoms with van der Waals surface area (Å²) in [6.45, 7) is 1.80. The number of halogens is 2. The largest absolute Gasteiger partial charge is 0.503 e. The van der Waals surface area contributed by atoms with Gasteiger partial charge in [-0.3, -0.25) is 4.79 Å². The number of methoxy groups -OCH3 is 1. The monoisotopic (exact) mass is 442 g/mol. The van der Waals surface area contributed by atoms with Crippen LogP contribution in [0.5, 0.6) is 11.5 Å². The van der Waals surface area contributed by atoms with Crippen molar-refractivity contribution in [3.8, 4) is 11.5 Å². The van der Waals surface area contributed by atoms with Crippen LogP contribution in [-0.2, 0) is 4.79 Å². The average Bonchev–Trinajstić information content (AvgIpc) is 2.59. The standard InChI is InChI=1S/C17H16BrClN2O3S/c1-10(25-13-5-3-12(19)4-6-13)17(23)21-20-9-11-7-14(18)16(22)15(8-11)24-2/h3-10,22H,1-2H3,(H,21,23)/b20-9-. The molecule has 0 radical (unpaired) electrons. The topological polar surface area (TPSA) is 70.9 Å². The number of aromatic hydroxyl groups is 1. The first-order valence-corrected chi connectivity index (χ1v) is 9.27. The number of phenols is 1. The van der Waals surface area contributed by atoms with E-state index in [0.29, 0.717) is 20.8 Å². The fourth-order valence-corrected chi connectivity index (χ4v) is 3.30. The lowest BCUT2D eigenvalue weighted by Gasteiger charge is -2.09. The summed E-state index contributed by atoms with van der Waals surface area (Å²) in [5.41, 5.74) is 3.17. The summed E-state index contributed by atoms with van der Waals surface area (Å²) >= 11 is 10.5. The zero-order chi connectivity index (χ0) is 18.4. The van der Waals surface area contributed by atoms with Crippen molar-refractivity contribution in [3.05, 3.63) is 51.5 Å². The SMILES string of the molecule is COc1cc(/C=N\NC(=O)C(C)Sc2ccc(Cl)cc2)cc(Br)c1O. The van der Waals surface area contributed by atoms with E-state index < -0.39 is 0 Å². The summed E-state index contributed by atoms with van der Waals surface area (Å²) in [5.74, 6) is 0.103. The van der Waals surface area contributed by atoms with Gasteiger partial charge in [-0.2, -0.15) is 5.10 Å². The molecule has 132 valence electrons. The molecular formula is C17H16BrClN2O3S. The molecule has 1 atom stereocenters. The lowest BCUT2D eigenvalue weighted by molar-refractivity contribution is -0.120. The Morgan fingerprint density at radius 3 is 2.72 bits per heavy atom. The zero-order valence-electron chi connectivity index (χ0n) is 13.5. The van der Waals surface area contributed by atoms with Gasteiger partial charge in [0.25, 0.3) is 5.91 Å². The molecule has 0 aliphatic rings. The van der Waals surface area contributed by atoms with Crippen molar-refractivity contribution in [1.29, 1.82) is 0 Å². The van der Waals surface area contributed by atoms with Gasteiger partial charge in [-0.1, -0.05) is 11.6 Å². The summed E-state index contributed by atoms with van der Waals surface area (Å²) in [4.78, 5) is 13.1. The fraction of sp³-hybridized carbons (Fsp3) is 0.176. The van der Waals surface area contributed by atoms with Crippen molar-refractivity contribution >= 4 is 51.4 Å². The molecule has 0 heterocycles. The van der Waals surface area contributed by atoms with Crippen LogP contribution in [0.3, 0.4) is 0 Å². The van der Waals surface area contributed by atoms with Crippen LogP contribution in [0.2, 0.25) is 5.02 Å². The van der Waals surface area contributed by atoms with Gasteiger partial charge in [-0.15, -0.1) is 11.8 Å². The smallest absolute Gasteiger partial charge is 0.253 e. The van der Waals surface area contributed by atoms with Crippen molar-refractivity contribution in [2.75, 3.05) is 7.11 Å². The third-order valence-corrected chi connectivity index (χ3v) is 5.12. The number of hydrogen-bond donors (Lipinski definition) is 2. The molecule has 2 aromatic rings.